The fraction of sp³-hybridized carbons (Fsp3) is 0.333. The normalized spacial score (nSPS) is 11.7. The van der Waals surface area contributed by atoms with Crippen molar-refractivity contribution < 1.29 is 10.0 Å². The number of rotatable bonds is 4. The predicted octanol–water partition coefficient (Wildman–Crippen LogP) is 2.59. The van der Waals surface area contributed by atoms with Crippen molar-refractivity contribution in [2.45, 2.75) is 19.9 Å². The Kier molecular flexibility index (Phi) is 5.44. The van der Waals surface area contributed by atoms with Crippen LogP contribution in [-0.4, -0.2) is 34.4 Å². The number of nitrogens with two attached hydrogens (primary N) is 1. The van der Waals surface area contributed by atoms with Crippen LogP contribution >= 0.6 is 23.2 Å². The van der Waals surface area contributed by atoms with Crippen molar-refractivity contribution in [3.63, 3.8) is 0 Å². The third-order valence-corrected chi connectivity index (χ3v) is 3.25. The highest BCUT2D eigenvalue weighted by atomic mass is 35.5. The smallest absolute Gasteiger partial charge is 0.254 e. The Hall–Kier alpha value is -1.46. The van der Waals surface area contributed by atoms with Gasteiger partial charge in [-0.25, -0.2) is 0 Å². The predicted molar refractivity (Wildman–Crippen MR) is 76.0 cm³/mol. The Morgan fingerprint density at radius 3 is 2.53 bits per heavy atom. The summed E-state index contributed by atoms with van der Waals surface area (Å²) in [6.07, 6.45) is 0. The first-order chi connectivity index (χ1) is 8.86. The summed E-state index contributed by atoms with van der Waals surface area (Å²) < 4.78 is 0. The highest BCUT2D eigenvalue weighted by Gasteiger charge is 2.20. The maximum Gasteiger partial charge on any atom is 0.254 e. The lowest BCUT2D eigenvalue weighted by Crippen LogP contribution is -2.42. The second-order valence-electron chi connectivity index (χ2n) is 4.25. The van der Waals surface area contributed by atoms with Crippen LogP contribution < -0.4 is 5.73 Å². The molecule has 1 aromatic rings. The van der Waals surface area contributed by atoms with Gasteiger partial charge in [0.05, 0.1) is 16.6 Å². The van der Waals surface area contributed by atoms with Gasteiger partial charge in [-0.3, -0.25) is 4.79 Å². The molecule has 3 N–H and O–H groups in total. The summed E-state index contributed by atoms with van der Waals surface area (Å²) >= 11 is 11.7. The number of benzene rings is 1. The van der Waals surface area contributed by atoms with Gasteiger partial charge in [0.1, 0.15) is 0 Å². The Morgan fingerprint density at radius 1 is 1.42 bits per heavy atom. The molecule has 0 bridgehead atoms. The summed E-state index contributed by atoms with van der Waals surface area (Å²) in [4.78, 5) is 13.8. The minimum atomic E-state index is -0.264. The minimum Gasteiger partial charge on any atom is -0.409 e. The van der Waals surface area contributed by atoms with Gasteiger partial charge in [0.15, 0.2) is 5.84 Å². The molecule has 0 aromatic heterocycles. The number of carbonyl (C=O) groups excluding carboxylic acids is 1. The molecule has 7 heteroatoms. The number of amides is 1. The van der Waals surface area contributed by atoms with Crippen molar-refractivity contribution in [2.24, 2.45) is 10.9 Å². The van der Waals surface area contributed by atoms with Crippen LogP contribution in [0.25, 0.3) is 0 Å². The quantitative estimate of drug-likeness (QED) is 0.388. The molecule has 19 heavy (non-hydrogen) atoms. The van der Waals surface area contributed by atoms with E-state index in [1.807, 2.05) is 13.8 Å². The van der Waals surface area contributed by atoms with Gasteiger partial charge in [0.25, 0.3) is 5.91 Å². The molecule has 1 amide bonds. The van der Waals surface area contributed by atoms with E-state index in [-0.39, 0.29) is 24.3 Å². The standard InChI is InChI=1S/C12H15Cl2N3O2/c1-7(2)17(6-11(15)16-19)12(18)8-3-4-9(13)10(14)5-8/h3-5,7,19H,6H2,1-2H3,(H2,15,16). The van der Waals surface area contributed by atoms with Gasteiger partial charge in [-0.15, -0.1) is 0 Å². The van der Waals surface area contributed by atoms with E-state index < -0.39 is 0 Å². The number of oxime groups is 1. The van der Waals surface area contributed by atoms with Crippen LogP contribution in [0.3, 0.4) is 0 Å². The number of nitrogens with zero attached hydrogens (tertiary/aromatic N) is 2. The Bertz CT molecular complexity index is 504. The zero-order valence-electron chi connectivity index (χ0n) is 10.6. The van der Waals surface area contributed by atoms with E-state index in [9.17, 15) is 4.79 Å². The van der Waals surface area contributed by atoms with Crippen LogP contribution in [0.5, 0.6) is 0 Å². The molecule has 0 unspecified atom stereocenters. The van der Waals surface area contributed by atoms with Crippen molar-refractivity contribution >= 4 is 34.9 Å². The minimum absolute atomic E-state index is 0.0350. The van der Waals surface area contributed by atoms with Crippen molar-refractivity contribution in [1.29, 1.82) is 0 Å². The molecule has 0 radical (unpaired) electrons. The molecular weight excluding hydrogens is 289 g/mol. The number of carbonyl (C=O) groups is 1. The topological polar surface area (TPSA) is 78.9 Å². The van der Waals surface area contributed by atoms with Crippen molar-refractivity contribution in [2.75, 3.05) is 6.54 Å². The number of amidine groups is 1. The molecule has 1 rings (SSSR count). The number of hydrogen-bond acceptors (Lipinski definition) is 3. The number of hydrogen-bond donors (Lipinski definition) is 2. The number of halogens is 2. The lowest BCUT2D eigenvalue weighted by Gasteiger charge is -2.26. The van der Waals surface area contributed by atoms with Crippen LogP contribution in [0.4, 0.5) is 0 Å². The maximum absolute atomic E-state index is 12.3. The molecule has 0 spiro atoms. The monoisotopic (exact) mass is 303 g/mol. The van der Waals surface area contributed by atoms with Gasteiger partial charge in [-0.1, -0.05) is 28.4 Å². The van der Waals surface area contributed by atoms with Crippen LogP contribution in [0.2, 0.25) is 10.0 Å². The van der Waals surface area contributed by atoms with Gasteiger partial charge in [-0.2, -0.15) is 0 Å². The van der Waals surface area contributed by atoms with Gasteiger partial charge in [0.2, 0.25) is 0 Å². The first-order valence-corrected chi connectivity index (χ1v) is 6.34. The summed E-state index contributed by atoms with van der Waals surface area (Å²) in [5, 5.41) is 12.1. The summed E-state index contributed by atoms with van der Waals surface area (Å²) in [5.41, 5.74) is 5.84. The summed E-state index contributed by atoms with van der Waals surface area (Å²) in [6, 6.07) is 4.52. The Balaban J connectivity index is 3.02. The SMILES string of the molecule is CC(C)N(CC(N)=NO)C(=O)c1ccc(Cl)c(Cl)c1. The van der Waals surface area contributed by atoms with E-state index in [0.29, 0.717) is 15.6 Å². The second kappa shape index (κ2) is 6.63. The molecule has 0 saturated carbocycles. The molecule has 5 nitrogen and oxygen atoms in total. The zero-order chi connectivity index (χ0) is 14.6. The molecule has 0 saturated heterocycles. The van der Waals surface area contributed by atoms with E-state index in [4.69, 9.17) is 34.1 Å². The van der Waals surface area contributed by atoms with E-state index in [2.05, 4.69) is 5.16 Å². The lowest BCUT2D eigenvalue weighted by atomic mass is 10.1. The summed E-state index contributed by atoms with van der Waals surface area (Å²) in [6.45, 7) is 3.70. The Labute approximate surface area is 121 Å². The first-order valence-electron chi connectivity index (χ1n) is 5.59. The van der Waals surface area contributed by atoms with Gasteiger partial charge >= 0.3 is 0 Å². The third kappa shape index (κ3) is 4.01. The fourth-order valence-corrected chi connectivity index (χ4v) is 1.79. The first kappa shape index (κ1) is 15.6. The highest BCUT2D eigenvalue weighted by molar-refractivity contribution is 6.42. The summed E-state index contributed by atoms with van der Waals surface area (Å²) in [7, 11) is 0. The molecule has 0 atom stereocenters. The van der Waals surface area contributed by atoms with Crippen molar-refractivity contribution in [3.05, 3.63) is 33.8 Å². The van der Waals surface area contributed by atoms with Crippen molar-refractivity contribution in [1.82, 2.24) is 4.90 Å². The molecule has 0 aliphatic rings. The lowest BCUT2D eigenvalue weighted by molar-refractivity contribution is 0.0734. The molecule has 0 heterocycles. The van der Waals surface area contributed by atoms with E-state index in [1.54, 1.807) is 12.1 Å². The van der Waals surface area contributed by atoms with E-state index >= 15 is 0 Å². The van der Waals surface area contributed by atoms with Crippen LogP contribution in [-0.2, 0) is 0 Å². The van der Waals surface area contributed by atoms with Crippen molar-refractivity contribution in [3.8, 4) is 0 Å². The van der Waals surface area contributed by atoms with Gasteiger partial charge in [-0.05, 0) is 32.0 Å². The van der Waals surface area contributed by atoms with Gasteiger partial charge < -0.3 is 15.8 Å². The average molecular weight is 304 g/mol. The molecule has 0 aliphatic heterocycles. The molecule has 0 aliphatic carbocycles. The fourth-order valence-electron chi connectivity index (χ4n) is 1.49. The largest absolute Gasteiger partial charge is 0.409 e. The summed E-state index contributed by atoms with van der Waals surface area (Å²) in [5.74, 6) is -0.303. The van der Waals surface area contributed by atoms with E-state index in [1.165, 1.54) is 11.0 Å². The second-order valence-corrected chi connectivity index (χ2v) is 5.06. The van der Waals surface area contributed by atoms with Crippen LogP contribution in [0.1, 0.15) is 24.2 Å². The average Bonchev–Trinajstić information content (AvgIpc) is 2.37. The van der Waals surface area contributed by atoms with Gasteiger partial charge in [0, 0.05) is 11.6 Å². The molecular formula is C12H15Cl2N3O2. The van der Waals surface area contributed by atoms with Crippen LogP contribution in [0.15, 0.2) is 23.4 Å². The van der Waals surface area contributed by atoms with Crippen LogP contribution in [0, 0.1) is 0 Å². The third-order valence-electron chi connectivity index (χ3n) is 2.51. The zero-order valence-corrected chi connectivity index (χ0v) is 12.1. The molecule has 0 fully saturated rings. The molecule has 1 aromatic carbocycles. The van der Waals surface area contributed by atoms with E-state index in [0.717, 1.165) is 0 Å². The Morgan fingerprint density at radius 2 is 2.05 bits per heavy atom. The maximum atomic E-state index is 12.3. The molecule has 104 valence electrons. The highest BCUT2D eigenvalue weighted by Crippen LogP contribution is 2.23.